The fourth-order valence-corrected chi connectivity index (χ4v) is 2.39. The molecule has 0 aliphatic heterocycles. The monoisotopic (exact) mass is 252 g/mol. The van der Waals surface area contributed by atoms with Gasteiger partial charge in [0, 0.05) is 0 Å². The predicted molar refractivity (Wildman–Crippen MR) is 79.8 cm³/mol. The van der Waals surface area contributed by atoms with Crippen LogP contribution < -0.4 is 0 Å². The van der Waals surface area contributed by atoms with Crippen molar-refractivity contribution in [2.45, 2.75) is 73.1 Å². The summed E-state index contributed by atoms with van der Waals surface area (Å²) in [5, 5.41) is 0. The van der Waals surface area contributed by atoms with Gasteiger partial charge in [0.15, 0.2) is 0 Å². The quantitative estimate of drug-likeness (QED) is 0.604. The summed E-state index contributed by atoms with van der Waals surface area (Å²) in [4.78, 5) is 0. The first-order chi connectivity index (χ1) is 8.56. The molecule has 0 saturated heterocycles. The fourth-order valence-electron chi connectivity index (χ4n) is 2.39. The van der Waals surface area contributed by atoms with Gasteiger partial charge in [-0.25, -0.2) is 4.39 Å². The average Bonchev–Trinajstić information content (AvgIpc) is 2.72. The highest BCUT2D eigenvalue weighted by Gasteiger charge is 2.31. The first kappa shape index (κ1) is 17.2. The van der Waals surface area contributed by atoms with Gasteiger partial charge >= 0.3 is 0 Å². The minimum Gasteiger partial charge on any atom is -0.206 e. The second kappa shape index (κ2) is 7.56. The molecule has 18 heavy (non-hydrogen) atoms. The van der Waals surface area contributed by atoms with E-state index in [-0.39, 0.29) is 11.2 Å². The largest absolute Gasteiger partial charge is 0.206 e. The standard InChI is InChI=1S/C13H17F.2C2H6/c1-4-9-5-6-11-10(12(9)14)7-8-13(11,2)3;2*1-2/h5-6H,4,7-8H2,1-3H3;2*1-2H3. The van der Waals surface area contributed by atoms with Gasteiger partial charge in [0.1, 0.15) is 5.82 Å². The van der Waals surface area contributed by atoms with E-state index in [0.717, 1.165) is 30.4 Å². The predicted octanol–water partition coefficient (Wildman–Crippen LogP) is 5.66. The van der Waals surface area contributed by atoms with Crippen LogP contribution >= 0.6 is 0 Å². The summed E-state index contributed by atoms with van der Waals surface area (Å²) in [7, 11) is 0. The Hall–Kier alpha value is -0.850. The molecule has 1 aliphatic carbocycles. The fraction of sp³-hybridized carbons (Fsp3) is 0.647. The average molecular weight is 252 g/mol. The van der Waals surface area contributed by atoms with Crippen molar-refractivity contribution in [2.24, 2.45) is 0 Å². The van der Waals surface area contributed by atoms with Crippen LogP contribution in [0.5, 0.6) is 0 Å². The van der Waals surface area contributed by atoms with Gasteiger partial charge in [-0.05, 0) is 41.4 Å². The summed E-state index contributed by atoms with van der Waals surface area (Å²) in [5.74, 6) is 0.0515. The number of fused-ring (bicyclic) bond motifs is 1. The molecule has 0 saturated carbocycles. The van der Waals surface area contributed by atoms with Crippen molar-refractivity contribution in [1.29, 1.82) is 0 Å². The van der Waals surface area contributed by atoms with Crippen LogP contribution in [0.15, 0.2) is 12.1 Å². The molecule has 2 rings (SSSR count). The van der Waals surface area contributed by atoms with Crippen LogP contribution in [0.25, 0.3) is 0 Å². The first-order valence-corrected chi connectivity index (χ1v) is 7.37. The minimum absolute atomic E-state index is 0.0515. The molecular formula is C17H29F. The van der Waals surface area contributed by atoms with E-state index in [4.69, 9.17) is 0 Å². The molecule has 0 atom stereocenters. The van der Waals surface area contributed by atoms with Crippen molar-refractivity contribution in [3.8, 4) is 0 Å². The number of hydrogen-bond donors (Lipinski definition) is 0. The van der Waals surface area contributed by atoms with Crippen LogP contribution in [-0.2, 0) is 18.3 Å². The Labute approximate surface area is 113 Å². The van der Waals surface area contributed by atoms with Crippen molar-refractivity contribution in [2.75, 3.05) is 0 Å². The van der Waals surface area contributed by atoms with Gasteiger partial charge < -0.3 is 0 Å². The maximum atomic E-state index is 13.9. The Morgan fingerprint density at radius 3 is 2.17 bits per heavy atom. The Bertz CT molecular complexity index is 364. The lowest BCUT2D eigenvalue weighted by molar-refractivity contribution is 0.522. The topological polar surface area (TPSA) is 0 Å². The van der Waals surface area contributed by atoms with Crippen molar-refractivity contribution in [3.63, 3.8) is 0 Å². The van der Waals surface area contributed by atoms with E-state index in [2.05, 4.69) is 19.9 Å². The lowest BCUT2D eigenvalue weighted by Crippen LogP contribution is -2.12. The SMILES string of the molecule is CC.CC.CCc1ccc2c(c1F)CCC2(C)C. The number of aryl methyl sites for hydroxylation is 1. The third kappa shape index (κ3) is 3.34. The zero-order chi connectivity index (χ0) is 14.3. The van der Waals surface area contributed by atoms with Gasteiger partial charge in [0.05, 0.1) is 0 Å². The molecule has 1 heteroatoms. The highest BCUT2D eigenvalue weighted by atomic mass is 19.1. The second-order valence-electron chi connectivity index (χ2n) is 4.80. The lowest BCUT2D eigenvalue weighted by atomic mass is 9.86. The van der Waals surface area contributed by atoms with E-state index in [1.165, 1.54) is 5.56 Å². The van der Waals surface area contributed by atoms with Gasteiger partial charge in [0.25, 0.3) is 0 Å². The van der Waals surface area contributed by atoms with Crippen LogP contribution in [0.1, 0.15) is 71.6 Å². The molecule has 0 fully saturated rings. The Morgan fingerprint density at radius 1 is 1.11 bits per heavy atom. The van der Waals surface area contributed by atoms with Crippen LogP contribution in [-0.4, -0.2) is 0 Å². The Balaban J connectivity index is 0.000000659. The van der Waals surface area contributed by atoms with Gasteiger partial charge in [-0.15, -0.1) is 0 Å². The normalized spacial score (nSPS) is 14.9. The molecule has 0 heterocycles. The molecule has 0 nitrogen and oxygen atoms in total. The van der Waals surface area contributed by atoms with Gasteiger partial charge in [-0.1, -0.05) is 60.6 Å². The van der Waals surface area contributed by atoms with E-state index in [1.807, 2.05) is 40.7 Å². The zero-order valence-electron chi connectivity index (χ0n) is 13.2. The van der Waals surface area contributed by atoms with Crippen LogP contribution in [0.2, 0.25) is 0 Å². The van der Waals surface area contributed by atoms with Gasteiger partial charge in [-0.3, -0.25) is 0 Å². The molecule has 104 valence electrons. The van der Waals surface area contributed by atoms with Crippen molar-refractivity contribution in [1.82, 2.24) is 0 Å². The maximum absolute atomic E-state index is 13.9. The summed E-state index contributed by atoms with van der Waals surface area (Å²) in [6, 6.07) is 4.06. The lowest BCUT2D eigenvalue weighted by Gasteiger charge is -2.19. The molecule has 1 aromatic rings. The highest BCUT2D eigenvalue weighted by Crippen LogP contribution is 2.40. The Morgan fingerprint density at radius 2 is 1.67 bits per heavy atom. The summed E-state index contributed by atoms with van der Waals surface area (Å²) >= 11 is 0. The summed E-state index contributed by atoms with van der Waals surface area (Å²) in [5.41, 5.74) is 3.21. The smallest absolute Gasteiger partial charge is 0.129 e. The van der Waals surface area contributed by atoms with Crippen molar-refractivity contribution < 1.29 is 4.39 Å². The van der Waals surface area contributed by atoms with Gasteiger partial charge in [-0.2, -0.15) is 0 Å². The van der Waals surface area contributed by atoms with Crippen LogP contribution in [0, 0.1) is 5.82 Å². The third-order valence-corrected chi connectivity index (χ3v) is 3.43. The van der Waals surface area contributed by atoms with Crippen molar-refractivity contribution in [3.05, 3.63) is 34.6 Å². The molecule has 0 spiro atoms. The van der Waals surface area contributed by atoms with Crippen molar-refractivity contribution >= 4 is 0 Å². The molecule has 0 radical (unpaired) electrons. The molecule has 0 bridgehead atoms. The summed E-state index contributed by atoms with van der Waals surface area (Å²) in [6.07, 6.45) is 2.77. The van der Waals surface area contributed by atoms with Gasteiger partial charge in [0.2, 0.25) is 0 Å². The molecule has 0 aromatic heterocycles. The molecular weight excluding hydrogens is 223 g/mol. The number of hydrogen-bond acceptors (Lipinski definition) is 0. The van der Waals surface area contributed by atoms with E-state index < -0.39 is 0 Å². The molecule has 0 amide bonds. The first-order valence-electron chi connectivity index (χ1n) is 7.37. The molecule has 0 N–H and O–H groups in total. The third-order valence-electron chi connectivity index (χ3n) is 3.43. The highest BCUT2D eigenvalue weighted by molar-refractivity contribution is 5.42. The van der Waals surface area contributed by atoms with E-state index in [1.54, 1.807) is 0 Å². The number of halogens is 1. The van der Waals surface area contributed by atoms with Crippen LogP contribution in [0.4, 0.5) is 4.39 Å². The summed E-state index contributed by atoms with van der Waals surface area (Å²) in [6.45, 7) is 14.4. The van der Waals surface area contributed by atoms with E-state index >= 15 is 0 Å². The number of benzene rings is 1. The molecule has 1 aromatic carbocycles. The summed E-state index contributed by atoms with van der Waals surface area (Å²) < 4.78 is 13.9. The second-order valence-corrected chi connectivity index (χ2v) is 4.80. The van der Waals surface area contributed by atoms with E-state index in [0.29, 0.717) is 0 Å². The molecule has 0 unspecified atom stereocenters. The van der Waals surface area contributed by atoms with Crippen LogP contribution in [0.3, 0.4) is 0 Å². The maximum Gasteiger partial charge on any atom is 0.129 e. The minimum atomic E-state index is 0.0515. The van der Waals surface area contributed by atoms with E-state index in [9.17, 15) is 4.39 Å². The molecule has 1 aliphatic rings. The zero-order valence-corrected chi connectivity index (χ0v) is 13.2. The Kier molecular flexibility index (Phi) is 7.20. The number of rotatable bonds is 1.